The molecule has 1 saturated heterocycles. The Morgan fingerprint density at radius 2 is 2.29 bits per heavy atom. The van der Waals surface area contributed by atoms with Crippen LogP contribution in [0.2, 0.25) is 0 Å². The normalized spacial score (nSPS) is 25.2. The average Bonchev–Trinajstić information content (AvgIpc) is 2.77. The summed E-state index contributed by atoms with van der Waals surface area (Å²) in [4.78, 5) is 16.1. The summed E-state index contributed by atoms with van der Waals surface area (Å²) in [6, 6.07) is 5.46. The highest BCUT2D eigenvalue weighted by atomic mass is 16.5. The number of ketones is 1. The van der Waals surface area contributed by atoms with Crippen LogP contribution in [0.5, 0.6) is 0 Å². The summed E-state index contributed by atoms with van der Waals surface area (Å²) in [5.41, 5.74) is 0.690. The fourth-order valence-corrected chi connectivity index (χ4v) is 2.08. The summed E-state index contributed by atoms with van der Waals surface area (Å²) in [6.07, 6.45) is 3.62. The Labute approximate surface area is 100 Å². The van der Waals surface area contributed by atoms with Gasteiger partial charge in [0.05, 0.1) is 6.07 Å². The third kappa shape index (κ3) is 2.34. The maximum atomic E-state index is 12.2. The van der Waals surface area contributed by atoms with Gasteiger partial charge in [-0.1, -0.05) is 6.92 Å². The number of Topliss-reactive ketones (excluding diaryl/α,β-unsaturated/α-hetero) is 1. The van der Waals surface area contributed by atoms with E-state index in [1.165, 1.54) is 0 Å². The van der Waals surface area contributed by atoms with E-state index in [0.29, 0.717) is 12.2 Å². The molecule has 0 amide bonds. The highest BCUT2D eigenvalue weighted by Gasteiger charge is 2.35. The number of carbonyl (C=O) groups excluding carboxylic acids is 1. The molecule has 1 aliphatic rings. The first-order valence-electron chi connectivity index (χ1n) is 5.69. The van der Waals surface area contributed by atoms with E-state index in [4.69, 9.17) is 10.00 Å². The maximum absolute atomic E-state index is 12.2. The SMILES string of the molecule is CC1CCOC1C(=O)C(C#N)c1ccncc1. The van der Waals surface area contributed by atoms with Crippen molar-refractivity contribution in [1.29, 1.82) is 5.26 Å². The molecule has 0 bridgehead atoms. The topological polar surface area (TPSA) is 63.0 Å². The summed E-state index contributed by atoms with van der Waals surface area (Å²) in [5, 5.41) is 9.15. The molecule has 2 heterocycles. The van der Waals surface area contributed by atoms with Crippen LogP contribution in [0, 0.1) is 17.2 Å². The summed E-state index contributed by atoms with van der Waals surface area (Å²) >= 11 is 0. The van der Waals surface area contributed by atoms with Gasteiger partial charge in [0.25, 0.3) is 0 Å². The predicted molar refractivity (Wildman–Crippen MR) is 61.1 cm³/mol. The molecule has 1 aliphatic heterocycles. The molecule has 4 heteroatoms. The maximum Gasteiger partial charge on any atom is 0.183 e. The standard InChI is InChI=1S/C13H14N2O2/c1-9-4-7-17-13(9)12(16)11(8-14)10-2-5-15-6-3-10/h2-3,5-6,9,11,13H,4,7H2,1H3. The number of rotatable bonds is 3. The summed E-state index contributed by atoms with van der Waals surface area (Å²) in [7, 11) is 0. The van der Waals surface area contributed by atoms with Gasteiger partial charge in [-0.2, -0.15) is 5.26 Å². The van der Waals surface area contributed by atoms with Gasteiger partial charge in [0.15, 0.2) is 5.78 Å². The fourth-order valence-electron chi connectivity index (χ4n) is 2.08. The first kappa shape index (κ1) is 11.7. The van der Waals surface area contributed by atoms with Crippen LogP contribution in [-0.4, -0.2) is 23.5 Å². The molecule has 1 aromatic rings. The molecular weight excluding hydrogens is 216 g/mol. The third-order valence-electron chi connectivity index (χ3n) is 3.12. The van der Waals surface area contributed by atoms with Crippen LogP contribution in [-0.2, 0) is 9.53 Å². The molecule has 3 unspecified atom stereocenters. The number of carbonyl (C=O) groups is 1. The second-order valence-electron chi connectivity index (χ2n) is 4.30. The molecule has 0 N–H and O–H groups in total. The number of nitrogens with zero attached hydrogens (tertiary/aromatic N) is 2. The van der Waals surface area contributed by atoms with Crippen molar-refractivity contribution < 1.29 is 9.53 Å². The predicted octanol–water partition coefficient (Wildman–Crippen LogP) is 1.68. The van der Waals surface area contributed by atoms with Crippen molar-refractivity contribution in [2.75, 3.05) is 6.61 Å². The second-order valence-corrected chi connectivity index (χ2v) is 4.30. The zero-order valence-corrected chi connectivity index (χ0v) is 9.67. The highest BCUT2D eigenvalue weighted by molar-refractivity contribution is 5.92. The van der Waals surface area contributed by atoms with Gasteiger partial charge in [-0.15, -0.1) is 0 Å². The number of ether oxygens (including phenoxy) is 1. The minimum atomic E-state index is -0.747. The quantitative estimate of drug-likeness (QED) is 0.792. The molecule has 0 saturated carbocycles. The molecule has 17 heavy (non-hydrogen) atoms. The highest BCUT2D eigenvalue weighted by Crippen LogP contribution is 2.27. The van der Waals surface area contributed by atoms with Crippen LogP contribution in [0.4, 0.5) is 0 Å². The van der Waals surface area contributed by atoms with Gasteiger partial charge in [-0.05, 0) is 30.0 Å². The Bertz CT molecular complexity index is 438. The van der Waals surface area contributed by atoms with E-state index < -0.39 is 12.0 Å². The van der Waals surface area contributed by atoms with Crippen LogP contribution in [0.1, 0.15) is 24.8 Å². The number of pyridine rings is 1. The number of hydrogen-bond acceptors (Lipinski definition) is 4. The summed E-state index contributed by atoms with van der Waals surface area (Å²) < 4.78 is 5.42. The smallest absolute Gasteiger partial charge is 0.183 e. The van der Waals surface area contributed by atoms with Gasteiger partial charge in [-0.25, -0.2) is 0 Å². The molecule has 88 valence electrons. The van der Waals surface area contributed by atoms with E-state index in [-0.39, 0.29) is 11.7 Å². The van der Waals surface area contributed by atoms with E-state index in [9.17, 15) is 4.79 Å². The average molecular weight is 230 g/mol. The molecule has 0 spiro atoms. The van der Waals surface area contributed by atoms with Crippen molar-refractivity contribution in [1.82, 2.24) is 4.98 Å². The lowest BCUT2D eigenvalue weighted by atomic mass is 9.89. The van der Waals surface area contributed by atoms with Crippen LogP contribution in [0.15, 0.2) is 24.5 Å². The van der Waals surface area contributed by atoms with E-state index in [1.54, 1.807) is 24.5 Å². The Balaban J connectivity index is 2.20. The summed E-state index contributed by atoms with van der Waals surface area (Å²) in [5.74, 6) is -0.688. The van der Waals surface area contributed by atoms with Crippen LogP contribution >= 0.6 is 0 Å². The molecule has 2 rings (SSSR count). The number of aromatic nitrogens is 1. The van der Waals surface area contributed by atoms with Crippen molar-refractivity contribution in [3.8, 4) is 6.07 Å². The molecule has 3 atom stereocenters. The monoisotopic (exact) mass is 230 g/mol. The van der Waals surface area contributed by atoms with Gasteiger partial charge in [0, 0.05) is 19.0 Å². The van der Waals surface area contributed by atoms with E-state index in [0.717, 1.165) is 6.42 Å². The Morgan fingerprint density at radius 3 is 2.82 bits per heavy atom. The van der Waals surface area contributed by atoms with Crippen molar-refractivity contribution in [2.45, 2.75) is 25.4 Å². The Kier molecular flexibility index (Phi) is 3.50. The second kappa shape index (κ2) is 5.07. The van der Waals surface area contributed by atoms with Gasteiger partial charge in [0.2, 0.25) is 0 Å². The summed E-state index contributed by atoms with van der Waals surface area (Å²) in [6.45, 7) is 2.59. The lowest BCUT2D eigenvalue weighted by Gasteiger charge is -2.16. The van der Waals surface area contributed by atoms with E-state index >= 15 is 0 Å². The molecule has 4 nitrogen and oxygen atoms in total. The lowest BCUT2D eigenvalue weighted by molar-refractivity contribution is -0.129. The largest absolute Gasteiger partial charge is 0.370 e. The number of nitriles is 1. The molecule has 0 aliphatic carbocycles. The minimum Gasteiger partial charge on any atom is -0.370 e. The van der Waals surface area contributed by atoms with Crippen molar-refractivity contribution in [3.05, 3.63) is 30.1 Å². The molecular formula is C13H14N2O2. The van der Waals surface area contributed by atoms with Gasteiger partial charge in [0.1, 0.15) is 12.0 Å². The Hall–Kier alpha value is -1.73. The van der Waals surface area contributed by atoms with Crippen molar-refractivity contribution in [2.24, 2.45) is 5.92 Å². The molecule has 0 aromatic carbocycles. The van der Waals surface area contributed by atoms with Crippen LogP contribution in [0.3, 0.4) is 0 Å². The number of hydrogen-bond donors (Lipinski definition) is 0. The van der Waals surface area contributed by atoms with Crippen molar-refractivity contribution >= 4 is 5.78 Å². The minimum absolute atomic E-state index is 0.135. The first-order chi connectivity index (χ1) is 8.24. The third-order valence-corrected chi connectivity index (χ3v) is 3.12. The fraction of sp³-hybridized carbons (Fsp3) is 0.462. The Morgan fingerprint density at radius 1 is 1.59 bits per heavy atom. The van der Waals surface area contributed by atoms with Crippen molar-refractivity contribution in [3.63, 3.8) is 0 Å². The van der Waals surface area contributed by atoms with Gasteiger partial charge in [-0.3, -0.25) is 9.78 Å². The lowest BCUT2D eigenvalue weighted by Crippen LogP contribution is -2.29. The van der Waals surface area contributed by atoms with Crippen LogP contribution < -0.4 is 0 Å². The molecule has 0 radical (unpaired) electrons. The zero-order chi connectivity index (χ0) is 12.3. The van der Waals surface area contributed by atoms with E-state index in [1.807, 2.05) is 6.92 Å². The van der Waals surface area contributed by atoms with Gasteiger partial charge < -0.3 is 4.74 Å². The first-order valence-corrected chi connectivity index (χ1v) is 5.69. The molecule has 1 aromatic heterocycles. The van der Waals surface area contributed by atoms with E-state index in [2.05, 4.69) is 11.1 Å². The van der Waals surface area contributed by atoms with Gasteiger partial charge >= 0.3 is 0 Å². The van der Waals surface area contributed by atoms with Crippen LogP contribution in [0.25, 0.3) is 0 Å². The zero-order valence-electron chi connectivity index (χ0n) is 9.67. The molecule has 1 fully saturated rings.